The highest BCUT2D eigenvalue weighted by molar-refractivity contribution is 9.10. The number of H-pyrrole nitrogens is 1. The van der Waals surface area contributed by atoms with E-state index in [2.05, 4.69) is 31.2 Å². The Morgan fingerprint density at radius 3 is 2.86 bits per heavy atom. The van der Waals surface area contributed by atoms with E-state index in [0.717, 1.165) is 16.9 Å². The molecule has 0 aliphatic heterocycles. The second kappa shape index (κ2) is 5.29. The Bertz CT molecular complexity index is 844. The SMILES string of the molecule is Cc1nc2ccc(NC(=O)c3ccc(F)cc3Br)cc2[nH]1. The van der Waals surface area contributed by atoms with E-state index in [0.29, 0.717) is 15.7 Å². The highest BCUT2D eigenvalue weighted by Gasteiger charge is 2.11. The van der Waals surface area contributed by atoms with E-state index in [4.69, 9.17) is 0 Å². The van der Waals surface area contributed by atoms with Gasteiger partial charge < -0.3 is 10.3 Å². The predicted molar refractivity (Wildman–Crippen MR) is 82.9 cm³/mol. The number of halogens is 2. The van der Waals surface area contributed by atoms with Gasteiger partial charge in [-0.2, -0.15) is 0 Å². The normalized spacial score (nSPS) is 10.8. The quantitative estimate of drug-likeness (QED) is 0.735. The molecule has 6 heteroatoms. The number of nitrogens with zero attached hydrogens (tertiary/aromatic N) is 1. The second-order valence-corrected chi connectivity index (χ2v) is 5.49. The molecule has 1 heterocycles. The zero-order valence-electron chi connectivity index (χ0n) is 11.1. The Morgan fingerprint density at radius 1 is 1.29 bits per heavy atom. The van der Waals surface area contributed by atoms with Gasteiger partial charge >= 0.3 is 0 Å². The fraction of sp³-hybridized carbons (Fsp3) is 0.0667. The second-order valence-electron chi connectivity index (χ2n) is 4.63. The van der Waals surface area contributed by atoms with E-state index in [-0.39, 0.29) is 5.91 Å². The zero-order chi connectivity index (χ0) is 15.0. The van der Waals surface area contributed by atoms with Crippen LogP contribution in [0.2, 0.25) is 0 Å². The monoisotopic (exact) mass is 347 g/mol. The van der Waals surface area contributed by atoms with Gasteiger partial charge in [-0.25, -0.2) is 9.37 Å². The first-order valence-corrected chi connectivity index (χ1v) is 7.05. The van der Waals surface area contributed by atoms with Gasteiger partial charge in [-0.3, -0.25) is 4.79 Å². The third kappa shape index (κ3) is 2.80. The zero-order valence-corrected chi connectivity index (χ0v) is 12.7. The van der Waals surface area contributed by atoms with Gasteiger partial charge in [0.2, 0.25) is 0 Å². The van der Waals surface area contributed by atoms with Crippen molar-refractivity contribution in [2.45, 2.75) is 6.92 Å². The van der Waals surface area contributed by atoms with Crippen LogP contribution in [0.25, 0.3) is 11.0 Å². The number of carbonyl (C=O) groups excluding carboxylic acids is 1. The third-order valence-corrected chi connectivity index (χ3v) is 3.69. The predicted octanol–water partition coefficient (Wildman–Crippen LogP) is 4.03. The van der Waals surface area contributed by atoms with E-state index < -0.39 is 5.82 Å². The highest BCUT2D eigenvalue weighted by atomic mass is 79.9. The highest BCUT2D eigenvalue weighted by Crippen LogP contribution is 2.21. The van der Waals surface area contributed by atoms with Gasteiger partial charge in [0, 0.05) is 10.2 Å². The van der Waals surface area contributed by atoms with E-state index in [9.17, 15) is 9.18 Å². The van der Waals surface area contributed by atoms with Crippen molar-refractivity contribution in [1.29, 1.82) is 0 Å². The molecule has 0 atom stereocenters. The van der Waals surface area contributed by atoms with Crippen LogP contribution in [0.15, 0.2) is 40.9 Å². The molecule has 1 amide bonds. The molecule has 2 aromatic carbocycles. The van der Waals surface area contributed by atoms with Crippen molar-refractivity contribution in [3.63, 3.8) is 0 Å². The maximum absolute atomic E-state index is 13.0. The number of imidazole rings is 1. The van der Waals surface area contributed by atoms with Crippen LogP contribution < -0.4 is 5.32 Å². The average Bonchev–Trinajstić information content (AvgIpc) is 2.77. The molecule has 0 bridgehead atoms. The number of aromatic nitrogens is 2. The van der Waals surface area contributed by atoms with Gasteiger partial charge in [-0.05, 0) is 59.3 Å². The molecule has 2 N–H and O–H groups in total. The van der Waals surface area contributed by atoms with Crippen molar-refractivity contribution in [2.75, 3.05) is 5.32 Å². The van der Waals surface area contributed by atoms with Crippen molar-refractivity contribution < 1.29 is 9.18 Å². The van der Waals surface area contributed by atoms with Gasteiger partial charge in [0.05, 0.1) is 16.6 Å². The van der Waals surface area contributed by atoms with E-state index in [1.165, 1.54) is 18.2 Å². The van der Waals surface area contributed by atoms with Crippen LogP contribution in [0, 0.1) is 12.7 Å². The van der Waals surface area contributed by atoms with Crippen LogP contribution in [0.1, 0.15) is 16.2 Å². The molecule has 0 unspecified atom stereocenters. The fourth-order valence-corrected chi connectivity index (χ4v) is 2.62. The molecule has 0 spiro atoms. The van der Waals surface area contributed by atoms with Gasteiger partial charge in [-0.1, -0.05) is 0 Å². The summed E-state index contributed by atoms with van der Waals surface area (Å²) >= 11 is 3.19. The number of amides is 1. The van der Waals surface area contributed by atoms with Crippen LogP contribution in [-0.2, 0) is 0 Å². The van der Waals surface area contributed by atoms with Gasteiger partial charge in [0.15, 0.2) is 0 Å². The van der Waals surface area contributed by atoms with Crippen LogP contribution in [0.3, 0.4) is 0 Å². The van der Waals surface area contributed by atoms with Gasteiger partial charge in [-0.15, -0.1) is 0 Å². The van der Waals surface area contributed by atoms with E-state index in [1.54, 1.807) is 6.07 Å². The fourth-order valence-electron chi connectivity index (χ4n) is 2.09. The molecular formula is C15H11BrFN3O. The first kappa shape index (κ1) is 13.8. The molecule has 0 radical (unpaired) electrons. The number of anilines is 1. The maximum atomic E-state index is 13.0. The molecule has 0 aliphatic carbocycles. The number of benzene rings is 2. The molecule has 4 nitrogen and oxygen atoms in total. The minimum Gasteiger partial charge on any atom is -0.342 e. The average molecular weight is 348 g/mol. The van der Waals surface area contributed by atoms with Gasteiger partial charge in [0.1, 0.15) is 11.6 Å². The lowest BCUT2D eigenvalue weighted by atomic mass is 10.2. The topological polar surface area (TPSA) is 57.8 Å². The summed E-state index contributed by atoms with van der Waals surface area (Å²) in [5.74, 6) is 0.111. The number of carbonyl (C=O) groups is 1. The molecular weight excluding hydrogens is 337 g/mol. The van der Waals surface area contributed by atoms with Crippen LogP contribution in [-0.4, -0.2) is 15.9 Å². The number of rotatable bonds is 2. The first-order valence-electron chi connectivity index (χ1n) is 6.26. The molecule has 1 aromatic heterocycles. The van der Waals surface area contributed by atoms with E-state index >= 15 is 0 Å². The summed E-state index contributed by atoms with van der Waals surface area (Å²) in [6.45, 7) is 1.87. The molecule has 106 valence electrons. The molecule has 0 saturated carbocycles. The standard InChI is InChI=1S/C15H11BrFN3O/c1-8-18-13-5-3-10(7-14(13)19-8)20-15(21)11-4-2-9(17)6-12(11)16/h2-7H,1H3,(H,18,19)(H,20,21). The molecule has 0 fully saturated rings. The molecule has 0 saturated heterocycles. The summed E-state index contributed by atoms with van der Waals surface area (Å²) in [5, 5.41) is 2.78. The van der Waals surface area contributed by atoms with Crippen LogP contribution in [0.4, 0.5) is 10.1 Å². The number of aryl methyl sites for hydroxylation is 1. The first-order chi connectivity index (χ1) is 10.0. The van der Waals surface area contributed by atoms with Crippen molar-refractivity contribution in [1.82, 2.24) is 9.97 Å². The molecule has 3 aromatic rings. The number of hydrogen-bond acceptors (Lipinski definition) is 2. The summed E-state index contributed by atoms with van der Waals surface area (Å²) in [5.41, 5.74) is 2.71. The summed E-state index contributed by atoms with van der Waals surface area (Å²) < 4.78 is 13.5. The van der Waals surface area contributed by atoms with Crippen molar-refractivity contribution in [3.05, 3.63) is 58.1 Å². The number of nitrogens with one attached hydrogen (secondary N) is 2. The van der Waals surface area contributed by atoms with Crippen LogP contribution >= 0.6 is 15.9 Å². The largest absolute Gasteiger partial charge is 0.342 e. The lowest BCUT2D eigenvalue weighted by Crippen LogP contribution is -2.12. The van der Waals surface area contributed by atoms with Crippen molar-refractivity contribution in [3.8, 4) is 0 Å². The van der Waals surface area contributed by atoms with E-state index in [1.807, 2.05) is 19.1 Å². The Hall–Kier alpha value is -2.21. The van der Waals surface area contributed by atoms with Crippen LogP contribution in [0.5, 0.6) is 0 Å². The smallest absolute Gasteiger partial charge is 0.256 e. The minimum absolute atomic E-state index is 0.308. The van der Waals surface area contributed by atoms with Gasteiger partial charge in [0.25, 0.3) is 5.91 Å². The lowest BCUT2D eigenvalue weighted by molar-refractivity contribution is 0.102. The Kier molecular flexibility index (Phi) is 3.47. The Balaban J connectivity index is 1.88. The third-order valence-electron chi connectivity index (χ3n) is 3.03. The maximum Gasteiger partial charge on any atom is 0.256 e. The number of aromatic amines is 1. The number of fused-ring (bicyclic) bond motifs is 1. The summed E-state index contributed by atoms with van der Waals surface area (Å²) in [6, 6.07) is 9.36. The summed E-state index contributed by atoms with van der Waals surface area (Å²) in [7, 11) is 0. The van der Waals surface area contributed by atoms with Crippen molar-refractivity contribution >= 4 is 38.6 Å². The molecule has 21 heavy (non-hydrogen) atoms. The number of hydrogen-bond donors (Lipinski definition) is 2. The lowest BCUT2D eigenvalue weighted by Gasteiger charge is -2.07. The van der Waals surface area contributed by atoms with Crippen molar-refractivity contribution in [2.24, 2.45) is 0 Å². The molecule has 3 rings (SSSR count). The molecule has 0 aliphatic rings. The Labute approximate surface area is 128 Å². The summed E-state index contributed by atoms with van der Waals surface area (Å²) in [6.07, 6.45) is 0. The minimum atomic E-state index is -0.396. The summed E-state index contributed by atoms with van der Waals surface area (Å²) in [4.78, 5) is 19.6. The Morgan fingerprint density at radius 2 is 2.10 bits per heavy atom.